The predicted octanol–water partition coefficient (Wildman–Crippen LogP) is 2.35. The smallest absolute Gasteiger partial charge is 0.207 e. The summed E-state index contributed by atoms with van der Waals surface area (Å²) in [5.41, 5.74) is 1.40. The maximum Gasteiger partial charge on any atom is 0.207 e. The number of aliphatic hydroxyl groups excluding tert-OH is 1. The largest absolute Gasteiger partial charge is 0.387 e. The number of aromatic nitrogens is 3. The Morgan fingerprint density at radius 3 is 2.36 bits per heavy atom. The van der Waals surface area contributed by atoms with Crippen molar-refractivity contribution in [1.29, 1.82) is 0 Å². The summed E-state index contributed by atoms with van der Waals surface area (Å²) in [4.78, 5) is 1.20. The number of likely N-dealkylation sites (tertiary alicyclic amines) is 1. The zero-order valence-electron chi connectivity index (χ0n) is 15.2. The minimum atomic E-state index is -0.335. The van der Waals surface area contributed by atoms with Crippen LogP contribution in [-0.4, -0.2) is 38.6 Å². The Bertz CT molecular complexity index is 1010. The second-order valence-electron chi connectivity index (χ2n) is 7.08. The second kappa shape index (κ2) is 7.90. The first-order chi connectivity index (χ1) is 13.5. The highest BCUT2D eigenvalue weighted by Crippen LogP contribution is 2.23. The van der Waals surface area contributed by atoms with Crippen LogP contribution >= 0.6 is 12.2 Å². The van der Waals surface area contributed by atoms with Gasteiger partial charge in [-0.05, 0) is 73.6 Å². The quantitative estimate of drug-likeness (QED) is 0.658. The Morgan fingerprint density at radius 1 is 1.07 bits per heavy atom. The number of nitrogens with zero attached hydrogens (tertiary/aromatic N) is 3. The summed E-state index contributed by atoms with van der Waals surface area (Å²) in [6, 6.07) is 12.1. The summed E-state index contributed by atoms with van der Waals surface area (Å²) < 4.78 is 30.7. The molecule has 2 N–H and O–H groups in total. The van der Waals surface area contributed by atoms with E-state index in [0.29, 0.717) is 35.1 Å². The highest BCUT2D eigenvalue weighted by atomic mass is 32.1. The van der Waals surface area contributed by atoms with Crippen molar-refractivity contribution >= 4 is 12.2 Å². The van der Waals surface area contributed by atoms with Crippen LogP contribution in [0.5, 0.6) is 0 Å². The molecule has 0 aliphatic carbocycles. The third-order valence-electron chi connectivity index (χ3n) is 4.99. The fourth-order valence-corrected chi connectivity index (χ4v) is 3.90. The lowest BCUT2D eigenvalue weighted by molar-refractivity contribution is -0.931. The summed E-state index contributed by atoms with van der Waals surface area (Å²) in [7, 11) is 0. The van der Waals surface area contributed by atoms with Crippen molar-refractivity contribution in [2.75, 3.05) is 13.1 Å². The Hall–Kier alpha value is -2.42. The zero-order chi connectivity index (χ0) is 19.7. The number of quaternary nitrogens is 1. The standard InChI is InChI=1S/C20H20F2N4OS/c21-15-5-3-14(4-6-15)19-23-25(13-24-11-1-2-18(27)12-24)20(28)26(19)17-9-7-16(22)8-10-17/h3-10,18,27H,1-2,11-13H2/p+1/t18-/m0/s1. The minimum absolute atomic E-state index is 0.311. The number of nitrogens with one attached hydrogen (secondary N) is 1. The van der Waals surface area contributed by atoms with Gasteiger partial charge in [0.05, 0.1) is 12.2 Å². The summed E-state index contributed by atoms with van der Waals surface area (Å²) in [6.07, 6.45) is 1.46. The Labute approximate surface area is 166 Å². The van der Waals surface area contributed by atoms with Gasteiger partial charge in [0.2, 0.25) is 4.77 Å². The Balaban J connectivity index is 1.78. The number of halogens is 2. The van der Waals surface area contributed by atoms with E-state index in [0.717, 1.165) is 19.4 Å². The van der Waals surface area contributed by atoms with Crippen LogP contribution in [0.4, 0.5) is 8.78 Å². The van der Waals surface area contributed by atoms with Gasteiger partial charge in [0.1, 0.15) is 24.3 Å². The summed E-state index contributed by atoms with van der Waals surface area (Å²) in [5.74, 6) is -0.104. The number of rotatable bonds is 4. The molecule has 2 atom stereocenters. The maximum atomic E-state index is 13.4. The predicted molar refractivity (Wildman–Crippen MR) is 104 cm³/mol. The molecule has 1 unspecified atom stereocenters. The van der Waals surface area contributed by atoms with Gasteiger partial charge in [-0.1, -0.05) is 0 Å². The highest BCUT2D eigenvalue weighted by molar-refractivity contribution is 7.71. The van der Waals surface area contributed by atoms with Gasteiger partial charge in [0.25, 0.3) is 0 Å². The molecule has 1 saturated heterocycles. The second-order valence-corrected chi connectivity index (χ2v) is 7.45. The van der Waals surface area contributed by atoms with Gasteiger partial charge in [-0.15, -0.1) is 5.10 Å². The van der Waals surface area contributed by atoms with Crippen LogP contribution in [0.3, 0.4) is 0 Å². The lowest BCUT2D eigenvalue weighted by Gasteiger charge is -2.26. The lowest BCUT2D eigenvalue weighted by Crippen LogP contribution is -3.13. The molecule has 0 saturated carbocycles. The van der Waals surface area contributed by atoms with E-state index in [1.165, 1.54) is 29.2 Å². The van der Waals surface area contributed by atoms with Crippen molar-refractivity contribution in [1.82, 2.24) is 14.3 Å². The number of hydrogen-bond donors (Lipinski definition) is 2. The van der Waals surface area contributed by atoms with Gasteiger partial charge in [0.15, 0.2) is 12.5 Å². The molecule has 0 spiro atoms. The molecule has 0 bridgehead atoms. The normalized spacial score (nSPS) is 19.7. The lowest BCUT2D eigenvalue weighted by atomic mass is 10.1. The highest BCUT2D eigenvalue weighted by Gasteiger charge is 2.23. The number of hydrogen-bond acceptors (Lipinski definition) is 3. The van der Waals surface area contributed by atoms with Crippen LogP contribution in [0, 0.1) is 16.4 Å². The number of benzene rings is 2. The van der Waals surface area contributed by atoms with E-state index >= 15 is 0 Å². The SMILES string of the molecule is O[C@H]1CCC[NH+](Cn2nc(-c3ccc(F)cc3)n(-c3ccc(F)cc3)c2=S)C1. The number of aliphatic hydroxyl groups is 1. The van der Waals surface area contributed by atoms with Crippen LogP contribution in [0.1, 0.15) is 12.8 Å². The molecule has 1 aliphatic heterocycles. The fourth-order valence-electron chi connectivity index (χ4n) is 3.60. The first-order valence-electron chi connectivity index (χ1n) is 9.24. The molecule has 3 aromatic rings. The minimum Gasteiger partial charge on any atom is -0.387 e. The van der Waals surface area contributed by atoms with Crippen LogP contribution in [0.15, 0.2) is 48.5 Å². The van der Waals surface area contributed by atoms with Gasteiger partial charge in [-0.25, -0.2) is 8.78 Å². The molecule has 146 valence electrons. The van der Waals surface area contributed by atoms with E-state index in [-0.39, 0.29) is 17.7 Å². The molecule has 1 fully saturated rings. The molecular weight excluding hydrogens is 382 g/mol. The zero-order valence-corrected chi connectivity index (χ0v) is 16.0. The Kier molecular flexibility index (Phi) is 5.34. The molecule has 2 heterocycles. The van der Waals surface area contributed by atoms with Crippen molar-refractivity contribution in [2.45, 2.75) is 25.6 Å². The monoisotopic (exact) mass is 403 g/mol. The van der Waals surface area contributed by atoms with Crippen LogP contribution in [0.25, 0.3) is 17.1 Å². The molecular formula is C20H21F2N4OS+. The molecule has 28 heavy (non-hydrogen) atoms. The van der Waals surface area contributed by atoms with Crippen LogP contribution in [-0.2, 0) is 6.67 Å². The van der Waals surface area contributed by atoms with Crippen molar-refractivity contribution in [3.63, 3.8) is 0 Å². The van der Waals surface area contributed by atoms with E-state index in [1.54, 1.807) is 33.5 Å². The van der Waals surface area contributed by atoms with Crippen molar-refractivity contribution in [3.8, 4) is 17.1 Å². The molecule has 5 nitrogen and oxygen atoms in total. The average molecular weight is 403 g/mol. The van der Waals surface area contributed by atoms with E-state index in [2.05, 4.69) is 5.10 Å². The molecule has 4 rings (SSSR count). The molecule has 1 aliphatic rings. The third kappa shape index (κ3) is 3.89. The molecule has 0 radical (unpaired) electrons. The van der Waals surface area contributed by atoms with Crippen molar-refractivity contribution in [2.24, 2.45) is 0 Å². The van der Waals surface area contributed by atoms with Gasteiger partial charge < -0.3 is 10.0 Å². The van der Waals surface area contributed by atoms with Crippen molar-refractivity contribution in [3.05, 3.63) is 64.9 Å². The van der Waals surface area contributed by atoms with Crippen LogP contribution < -0.4 is 4.90 Å². The molecule has 2 aromatic carbocycles. The third-order valence-corrected chi connectivity index (χ3v) is 5.39. The van der Waals surface area contributed by atoms with E-state index in [1.807, 2.05) is 0 Å². The number of piperidine rings is 1. The van der Waals surface area contributed by atoms with E-state index < -0.39 is 0 Å². The average Bonchev–Trinajstić information content (AvgIpc) is 2.99. The molecule has 0 amide bonds. The summed E-state index contributed by atoms with van der Waals surface area (Å²) >= 11 is 5.67. The van der Waals surface area contributed by atoms with E-state index in [4.69, 9.17) is 12.2 Å². The maximum absolute atomic E-state index is 13.4. The Morgan fingerprint density at radius 2 is 1.71 bits per heavy atom. The van der Waals surface area contributed by atoms with Gasteiger partial charge in [-0.2, -0.15) is 4.68 Å². The topological polar surface area (TPSA) is 47.4 Å². The molecule has 8 heteroatoms. The van der Waals surface area contributed by atoms with Crippen LogP contribution in [0.2, 0.25) is 0 Å². The van der Waals surface area contributed by atoms with Gasteiger partial charge in [-0.3, -0.25) is 4.57 Å². The van der Waals surface area contributed by atoms with E-state index in [9.17, 15) is 13.9 Å². The fraction of sp³-hybridized carbons (Fsp3) is 0.300. The first kappa shape index (κ1) is 18.9. The molecule has 1 aromatic heterocycles. The van der Waals surface area contributed by atoms with Gasteiger partial charge >= 0.3 is 0 Å². The first-order valence-corrected chi connectivity index (χ1v) is 9.65. The summed E-state index contributed by atoms with van der Waals surface area (Å²) in [6.45, 7) is 2.11. The van der Waals surface area contributed by atoms with Gasteiger partial charge in [0, 0.05) is 5.56 Å². The van der Waals surface area contributed by atoms with Crippen molar-refractivity contribution < 1.29 is 18.8 Å². The summed E-state index contributed by atoms with van der Waals surface area (Å²) in [5, 5.41) is 14.6.